The molecule has 0 saturated carbocycles. The molecule has 0 fully saturated rings. The number of nitrogens with one attached hydrogen (secondary N) is 1. The van der Waals surface area contributed by atoms with Crippen LogP contribution in [0.1, 0.15) is 54.9 Å². The van der Waals surface area contributed by atoms with E-state index >= 15 is 0 Å². The van der Waals surface area contributed by atoms with Crippen LogP contribution < -0.4 is 5.32 Å². The number of hydrogen-bond donors (Lipinski definition) is 1. The number of amides is 1. The monoisotopic (exact) mass is 318 g/mol. The van der Waals surface area contributed by atoms with Crippen LogP contribution in [-0.4, -0.2) is 40.4 Å². The molecule has 1 amide bonds. The van der Waals surface area contributed by atoms with Crippen LogP contribution in [0.15, 0.2) is 6.07 Å². The molecule has 6 nitrogen and oxygen atoms in total. The SMILES string of the molecule is CCOCCCNC(=O)c1cc(C(C)C)nc2c1c(C)nn2C. The lowest BCUT2D eigenvalue weighted by Crippen LogP contribution is -2.26. The van der Waals surface area contributed by atoms with Gasteiger partial charge in [0.15, 0.2) is 5.65 Å². The Morgan fingerprint density at radius 1 is 1.43 bits per heavy atom. The fourth-order valence-electron chi connectivity index (χ4n) is 2.55. The predicted molar refractivity (Wildman–Crippen MR) is 90.8 cm³/mol. The van der Waals surface area contributed by atoms with Gasteiger partial charge in [-0.1, -0.05) is 13.8 Å². The van der Waals surface area contributed by atoms with Crippen molar-refractivity contribution in [2.75, 3.05) is 19.8 Å². The maximum atomic E-state index is 12.6. The fraction of sp³-hybridized carbons (Fsp3) is 0.588. The number of aryl methyl sites for hydroxylation is 2. The van der Waals surface area contributed by atoms with Crippen LogP contribution in [0.5, 0.6) is 0 Å². The van der Waals surface area contributed by atoms with Gasteiger partial charge in [-0.2, -0.15) is 5.10 Å². The first-order valence-corrected chi connectivity index (χ1v) is 8.15. The largest absolute Gasteiger partial charge is 0.382 e. The zero-order valence-corrected chi connectivity index (χ0v) is 14.6. The van der Waals surface area contributed by atoms with Crippen LogP contribution in [0, 0.1) is 6.92 Å². The number of carbonyl (C=O) groups is 1. The summed E-state index contributed by atoms with van der Waals surface area (Å²) in [5.74, 6) is 0.172. The molecule has 23 heavy (non-hydrogen) atoms. The average Bonchev–Trinajstić information content (AvgIpc) is 2.80. The average molecular weight is 318 g/mol. The van der Waals surface area contributed by atoms with Gasteiger partial charge in [0.1, 0.15) is 0 Å². The summed E-state index contributed by atoms with van der Waals surface area (Å²) >= 11 is 0. The molecule has 2 rings (SSSR count). The van der Waals surface area contributed by atoms with E-state index in [1.54, 1.807) is 4.68 Å². The van der Waals surface area contributed by atoms with Gasteiger partial charge in [0, 0.05) is 32.5 Å². The molecule has 1 N–H and O–H groups in total. The Balaban J connectivity index is 2.29. The zero-order valence-electron chi connectivity index (χ0n) is 14.6. The molecule has 0 aliphatic carbocycles. The van der Waals surface area contributed by atoms with Crippen molar-refractivity contribution >= 4 is 16.9 Å². The normalized spacial score (nSPS) is 11.4. The van der Waals surface area contributed by atoms with Gasteiger partial charge in [-0.05, 0) is 32.3 Å². The molecule has 2 heterocycles. The number of hydrogen-bond acceptors (Lipinski definition) is 4. The van der Waals surface area contributed by atoms with Gasteiger partial charge in [0.05, 0.1) is 16.6 Å². The predicted octanol–water partition coefficient (Wildman–Crippen LogP) is 2.56. The van der Waals surface area contributed by atoms with Crippen LogP contribution >= 0.6 is 0 Å². The lowest BCUT2D eigenvalue weighted by atomic mass is 10.0. The molecule has 0 spiro atoms. The van der Waals surface area contributed by atoms with Crippen LogP contribution in [0.3, 0.4) is 0 Å². The quantitative estimate of drug-likeness (QED) is 0.797. The summed E-state index contributed by atoms with van der Waals surface area (Å²) in [4.78, 5) is 17.3. The van der Waals surface area contributed by atoms with E-state index in [1.165, 1.54) is 0 Å². The number of rotatable bonds is 7. The summed E-state index contributed by atoms with van der Waals surface area (Å²) in [7, 11) is 1.86. The zero-order chi connectivity index (χ0) is 17.0. The molecular formula is C17H26N4O2. The minimum atomic E-state index is -0.0769. The van der Waals surface area contributed by atoms with E-state index in [0.29, 0.717) is 25.3 Å². The molecule has 0 bridgehead atoms. The molecule has 0 unspecified atom stereocenters. The van der Waals surface area contributed by atoms with Gasteiger partial charge in [-0.15, -0.1) is 0 Å². The van der Waals surface area contributed by atoms with E-state index in [-0.39, 0.29) is 11.8 Å². The number of aromatic nitrogens is 3. The third-order valence-electron chi connectivity index (χ3n) is 3.78. The Morgan fingerprint density at radius 3 is 2.83 bits per heavy atom. The van der Waals surface area contributed by atoms with Crippen LogP contribution in [0.4, 0.5) is 0 Å². The molecule has 0 atom stereocenters. The molecule has 0 aliphatic heterocycles. The van der Waals surface area contributed by atoms with Crippen LogP contribution in [0.2, 0.25) is 0 Å². The number of fused-ring (bicyclic) bond motifs is 1. The third kappa shape index (κ3) is 3.88. The fourth-order valence-corrected chi connectivity index (χ4v) is 2.55. The maximum absolute atomic E-state index is 12.6. The molecule has 2 aromatic rings. The summed E-state index contributed by atoms with van der Waals surface area (Å²) in [6.45, 7) is 9.97. The Kier molecular flexibility index (Phi) is 5.71. The first kappa shape index (κ1) is 17.4. The molecule has 0 aromatic carbocycles. The minimum absolute atomic E-state index is 0.0769. The second kappa shape index (κ2) is 7.55. The highest BCUT2D eigenvalue weighted by molar-refractivity contribution is 6.06. The Hall–Kier alpha value is -1.95. The summed E-state index contributed by atoms with van der Waals surface area (Å²) in [6.07, 6.45) is 0.802. The van der Waals surface area contributed by atoms with Gasteiger partial charge in [0.2, 0.25) is 0 Å². The molecular weight excluding hydrogens is 292 g/mol. The highest BCUT2D eigenvalue weighted by atomic mass is 16.5. The van der Waals surface area contributed by atoms with Crippen molar-refractivity contribution in [3.05, 3.63) is 23.0 Å². The molecule has 0 aliphatic rings. The van der Waals surface area contributed by atoms with E-state index in [4.69, 9.17) is 4.74 Å². The lowest BCUT2D eigenvalue weighted by molar-refractivity contribution is 0.0945. The third-order valence-corrected chi connectivity index (χ3v) is 3.78. The van der Waals surface area contributed by atoms with Gasteiger partial charge < -0.3 is 10.1 Å². The smallest absolute Gasteiger partial charge is 0.252 e. The highest BCUT2D eigenvalue weighted by Crippen LogP contribution is 2.24. The second-order valence-electron chi connectivity index (χ2n) is 5.96. The van der Waals surface area contributed by atoms with Crippen molar-refractivity contribution in [1.29, 1.82) is 0 Å². The summed E-state index contributed by atoms with van der Waals surface area (Å²) < 4.78 is 7.03. The maximum Gasteiger partial charge on any atom is 0.252 e. The Morgan fingerprint density at radius 2 is 2.17 bits per heavy atom. The number of ether oxygens (including phenoxy) is 1. The number of carbonyl (C=O) groups excluding carboxylic acids is 1. The molecule has 0 radical (unpaired) electrons. The van der Waals surface area contributed by atoms with Gasteiger partial charge in [-0.25, -0.2) is 4.98 Å². The first-order valence-electron chi connectivity index (χ1n) is 8.15. The van der Waals surface area contributed by atoms with Gasteiger partial charge in [0.25, 0.3) is 5.91 Å². The first-order chi connectivity index (χ1) is 11.0. The molecule has 0 saturated heterocycles. The molecule has 2 aromatic heterocycles. The van der Waals surface area contributed by atoms with Crippen molar-refractivity contribution < 1.29 is 9.53 Å². The van der Waals surface area contributed by atoms with Crippen molar-refractivity contribution in [3.63, 3.8) is 0 Å². The van der Waals surface area contributed by atoms with E-state index in [2.05, 4.69) is 29.2 Å². The topological polar surface area (TPSA) is 69.0 Å². The van der Waals surface area contributed by atoms with Crippen molar-refractivity contribution in [2.45, 2.75) is 40.0 Å². The van der Waals surface area contributed by atoms with Gasteiger partial charge in [-0.3, -0.25) is 9.48 Å². The lowest BCUT2D eigenvalue weighted by Gasteiger charge is -2.11. The van der Waals surface area contributed by atoms with E-state index in [0.717, 1.165) is 28.8 Å². The Labute approximate surface area is 137 Å². The minimum Gasteiger partial charge on any atom is -0.382 e. The molecule has 126 valence electrons. The number of pyridine rings is 1. The highest BCUT2D eigenvalue weighted by Gasteiger charge is 2.19. The van der Waals surface area contributed by atoms with Gasteiger partial charge >= 0.3 is 0 Å². The summed E-state index contributed by atoms with van der Waals surface area (Å²) in [6, 6.07) is 1.89. The number of nitrogens with zero attached hydrogens (tertiary/aromatic N) is 3. The van der Waals surface area contributed by atoms with Crippen molar-refractivity contribution in [1.82, 2.24) is 20.1 Å². The Bertz CT molecular complexity index is 691. The van der Waals surface area contributed by atoms with Crippen LogP contribution in [-0.2, 0) is 11.8 Å². The second-order valence-corrected chi connectivity index (χ2v) is 5.96. The van der Waals surface area contributed by atoms with Crippen LogP contribution in [0.25, 0.3) is 11.0 Å². The van der Waals surface area contributed by atoms with Crippen molar-refractivity contribution in [2.24, 2.45) is 7.05 Å². The van der Waals surface area contributed by atoms with Crippen molar-refractivity contribution in [3.8, 4) is 0 Å². The van der Waals surface area contributed by atoms with E-state index < -0.39 is 0 Å². The summed E-state index contributed by atoms with van der Waals surface area (Å²) in [5, 5.41) is 8.21. The van der Waals surface area contributed by atoms with E-state index in [1.807, 2.05) is 27.0 Å². The van der Waals surface area contributed by atoms with E-state index in [9.17, 15) is 4.79 Å². The summed E-state index contributed by atoms with van der Waals surface area (Å²) in [5.41, 5.74) is 3.14. The standard InChI is InChI=1S/C17H26N4O2/c1-6-23-9-7-8-18-17(22)13-10-14(11(2)3)19-16-15(13)12(4)20-21(16)5/h10-11H,6-9H2,1-5H3,(H,18,22). The molecule has 6 heteroatoms.